The second-order valence-electron chi connectivity index (χ2n) is 5.00. The summed E-state index contributed by atoms with van der Waals surface area (Å²) < 4.78 is 29.4. The standard InChI is InChI=1S/C19H23O4P/c1-4-22-24(20,23-5-2)19-15-18(21-3)14-13-17(19)12-11-16-9-7-6-8-10-16/h6-15H,4-5H2,1-3H3/b12-11+. The number of methoxy groups -OCH3 is 1. The lowest BCUT2D eigenvalue weighted by atomic mass is 10.1. The molecule has 0 aromatic heterocycles. The van der Waals surface area contributed by atoms with Crippen LogP contribution in [0.1, 0.15) is 25.0 Å². The van der Waals surface area contributed by atoms with E-state index < -0.39 is 7.60 Å². The van der Waals surface area contributed by atoms with Crippen molar-refractivity contribution in [2.45, 2.75) is 13.8 Å². The van der Waals surface area contributed by atoms with Crippen molar-refractivity contribution in [1.29, 1.82) is 0 Å². The number of rotatable bonds is 8. The van der Waals surface area contributed by atoms with Gasteiger partial charge in [-0.1, -0.05) is 48.6 Å². The molecule has 0 heterocycles. The number of hydrogen-bond acceptors (Lipinski definition) is 4. The molecule has 0 bridgehead atoms. The molecule has 2 aromatic carbocycles. The van der Waals surface area contributed by atoms with Crippen LogP contribution in [0.15, 0.2) is 48.5 Å². The van der Waals surface area contributed by atoms with Gasteiger partial charge in [-0.15, -0.1) is 0 Å². The molecule has 0 amide bonds. The van der Waals surface area contributed by atoms with Gasteiger partial charge in [0, 0.05) is 0 Å². The third kappa shape index (κ3) is 4.57. The largest absolute Gasteiger partial charge is 0.497 e. The lowest BCUT2D eigenvalue weighted by Gasteiger charge is -2.19. The van der Waals surface area contributed by atoms with Gasteiger partial charge in [-0.05, 0) is 37.1 Å². The van der Waals surface area contributed by atoms with E-state index in [1.807, 2.05) is 54.6 Å². The van der Waals surface area contributed by atoms with Crippen LogP contribution >= 0.6 is 7.60 Å². The van der Waals surface area contributed by atoms with E-state index in [0.717, 1.165) is 11.1 Å². The fraction of sp³-hybridized carbons (Fsp3) is 0.263. The molecular formula is C19H23O4P. The predicted molar refractivity (Wildman–Crippen MR) is 98.9 cm³/mol. The van der Waals surface area contributed by atoms with Gasteiger partial charge in [-0.3, -0.25) is 4.57 Å². The van der Waals surface area contributed by atoms with Crippen LogP contribution in [0.4, 0.5) is 0 Å². The Morgan fingerprint density at radius 1 is 0.958 bits per heavy atom. The number of benzene rings is 2. The highest BCUT2D eigenvalue weighted by molar-refractivity contribution is 7.62. The van der Waals surface area contributed by atoms with Crippen molar-refractivity contribution in [3.63, 3.8) is 0 Å². The first-order chi connectivity index (χ1) is 11.6. The summed E-state index contributed by atoms with van der Waals surface area (Å²) in [5, 5.41) is 0.512. The first-order valence-electron chi connectivity index (χ1n) is 7.93. The summed E-state index contributed by atoms with van der Waals surface area (Å²) in [6.45, 7) is 4.20. The quantitative estimate of drug-likeness (QED) is 0.511. The Hall–Kier alpha value is -1.87. The predicted octanol–water partition coefficient (Wildman–Crippen LogP) is 4.76. The molecule has 0 aliphatic rings. The van der Waals surface area contributed by atoms with Crippen LogP contribution in [0, 0.1) is 0 Å². The molecule has 2 rings (SSSR count). The molecule has 0 aliphatic carbocycles. The molecule has 0 saturated heterocycles. The number of ether oxygens (including phenoxy) is 1. The van der Waals surface area contributed by atoms with Crippen LogP contribution in [0.2, 0.25) is 0 Å². The highest BCUT2D eigenvalue weighted by Gasteiger charge is 2.29. The molecule has 4 nitrogen and oxygen atoms in total. The second kappa shape index (κ2) is 8.84. The Morgan fingerprint density at radius 3 is 2.21 bits per heavy atom. The molecule has 2 aromatic rings. The zero-order valence-electron chi connectivity index (χ0n) is 14.3. The summed E-state index contributed by atoms with van der Waals surface area (Å²) in [6, 6.07) is 15.3. The maximum atomic E-state index is 13.2. The maximum absolute atomic E-state index is 13.2. The fourth-order valence-electron chi connectivity index (χ4n) is 2.29. The minimum absolute atomic E-state index is 0.302. The van der Waals surface area contributed by atoms with Gasteiger partial charge < -0.3 is 13.8 Å². The summed E-state index contributed by atoms with van der Waals surface area (Å²) in [5.74, 6) is 0.612. The third-order valence-electron chi connectivity index (χ3n) is 3.39. The molecule has 128 valence electrons. The molecule has 0 spiro atoms. The van der Waals surface area contributed by atoms with Crippen molar-refractivity contribution in [2.75, 3.05) is 20.3 Å². The molecule has 0 fully saturated rings. The summed E-state index contributed by atoms with van der Waals surface area (Å²) >= 11 is 0. The van der Waals surface area contributed by atoms with Crippen LogP contribution in [0.3, 0.4) is 0 Å². The van der Waals surface area contributed by atoms with E-state index in [4.69, 9.17) is 13.8 Å². The van der Waals surface area contributed by atoms with Crippen molar-refractivity contribution in [1.82, 2.24) is 0 Å². The molecule has 0 saturated carbocycles. The molecule has 0 aliphatic heterocycles. The van der Waals surface area contributed by atoms with Gasteiger partial charge >= 0.3 is 7.60 Å². The van der Waals surface area contributed by atoms with Crippen molar-refractivity contribution < 1.29 is 18.3 Å². The van der Waals surface area contributed by atoms with Crippen LogP contribution in [0.25, 0.3) is 12.2 Å². The van der Waals surface area contributed by atoms with Crippen molar-refractivity contribution in [3.05, 3.63) is 59.7 Å². The van der Waals surface area contributed by atoms with Gasteiger partial charge in [0.05, 0.1) is 25.6 Å². The SMILES string of the molecule is CCOP(=O)(OCC)c1cc(OC)ccc1/C=C/c1ccccc1. The normalized spacial score (nSPS) is 11.8. The van der Waals surface area contributed by atoms with Crippen molar-refractivity contribution in [2.24, 2.45) is 0 Å². The van der Waals surface area contributed by atoms with E-state index in [-0.39, 0.29) is 0 Å². The van der Waals surface area contributed by atoms with Crippen LogP contribution in [-0.2, 0) is 13.6 Å². The van der Waals surface area contributed by atoms with E-state index in [0.29, 0.717) is 24.3 Å². The summed E-state index contributed by atoms with van der Waals surface area (Å²) in [6.07, 6.45) is 3.88. The average Bonchev–Trinajstić information content (AvgIpc) is 2.61. The third-order valence-corrected chi connectivity index (χ3v) is 5.56. The smallest absolute Gasteiger partial charge is 0.362 e. The highest BCUT2D eigenvalue weighted by atomic mass is 31.2. The molecule has 5 heteroatoms. The van der Waals surface area contributed by atoms with E-state index in [1.54, 1.807) is 27.0 Å². The van der Waals surface area contributed by atoms with Crippen molar-refractivity contribution in [3.8, 4) is 5.75 Å². The molecule has 0 unspecified atom stereocenters. The Morgan fingerprint density at radius 2 is 1.62 bits per heavy atom. The summed E-state index contributed by atoms with van der Waals surface area (Å²) in [7, 11) is -1.83. The molecule has 0 N–H and O–H groups in total. The van der Waals surface area contributed by atoms with Gasteiger partial charge in [0.25, 0.3) is 0 Å². The van der Waals surface area contributed by atoms with E-state index in [1.165, 1.54) is 0 Å². The van der Waals surface area contributed by atoms with Crippen LogP contribution in [0.5, 0.6) is 5.75 Å². The molecule has 24 heavy (non-hydrogen) atoms. The summed E-state index contributed by atoms with van der Waals surface area (Å²) in [4.78, 5) is 0. The van der Waals surface area contributed by atoms with Crippen LogP contribution in [-0.4, -0.2) is 20.3 Å². The fourth-order valence-corrected chi connectivity index (χ4v) is 4.08. The van der Waals surface area contributed by atoms with Crippen molar-refractivity contribution >= 4 is 25.1 Å². The highest BCUT2D eigenvalue weighted by Crippen LogP contribution is 2.48. The lowest BCUT2D eigenvalue weighted by molar-refractivity contribution is 0.230. The maximum Gasteiger partial charge on any atom is 0.362 e. The zero-order valence-corrected chi connectivity index (χ0v) is 15.2. The second-order valence-corrected chi connectivity index (χ2v) is 6.99. The summed E-state index contributed by atoms with van der Waals surface area (Å²) in [5.41, 5.74) is 1.84. The Kier molecular flexibility index (Phi) is 6.80. The lowest BCUT2D eigenvalue weighted by Crippen LogP contribution is -2.14. The monoisotopic (exact) mass is 346 g/mol. The van der Waals surface area contributed by atoms with Gasteiger partial charge in [-0.2, -0.15) is 0 Å². The first-order valence-corrected chi connectivity index (χ1v) is 9.48. The van der Waals surface area contributed by atoms with E-state index >= 15 is 0 Å². The van der Waals surface area contributed by atoms with Gasteiger partial charge in [0.1, 0.15) is 5.75 Å². The molecule has 0 radical (unpaired) electrons. The molecular weight excluding hydrogens is 323 g/mol. The Balaban J connectivity index is 2.47. The van der Waals surface area contributed by atoms with E-state index in [2.05, 4.69) is 0 Å². The van der Waals surface area contributed by atoms with Crippen LogP contribution < -0.4 is 10.0 Å². The minimum Gasteiger partial charge on any atom is -0.497 e. The molecule has 0 atom stereocenters. The zero-order chi connectivity index (χ0) is 17.4. The topological polar surface area (TPSA) is 44.8 Å². The van der Waals surface area contributed by atoms with Gasteiger partial charge in [0.2, 0.25) is 0 Å². The Labute approximate surface area is 143 Å². The Bertz CT molecular complexity index is 715. The minimum atomic E-state index is -3.40. The number of hydrogen-bond donors (Lipinski definition) is 0. The van der Waals surface area contributed by atoms with Gasteiger partial charge in [0.15, 0.2) is 0 Å². The van der Waals surface area contributed by atoms with E-state index in [9.17, 15) is 4.57 Å². The van der Waals surface area contributed by atoms with Gasteiger partial charge in [-0.25, -0.2) is 0 Å². The average molecular weight is 346 g/mol. The first kappa shape index (κ1) is 18.5.